The minimum absolute atomic E-state index is 0.238. The molecule has 0 spiro atoms. The summed E-state index contributed by atoms with van der Waals surface area (Å²) in [5.41, 5.74) is 3.70. The number of fused-ring (bicyclic) bond motifs is 1. The Labute approximate surface area is 201 Å². The van der Waals surface area contributed by atoms with Crippen LogP contribution in [0.1, 0.15) is 27.7 Å². The van der Waals surface area contributed by atoms with E-state index in [1.54, 1.807) is 19.3 Å². The first-order valence-electron chi connectivity index (χ1n) is 11.2. The van der Waals surface area contributed by atoms with Crippen LogP contribution in [0.3, 0.4) is 0 Å². The van der Waals surface area contributed by atoms with Crippen LogP contribution in [0.2, 0.25) is 0 Å². The molecule has 9 nitrogen and oxygen atoms in total. The van der Waals surface area contributed by atoms with Gasteiger partial charge in [0.05, 0.1) is 26.4 Å². The van der Waals surface area contributed by atoms with E-state index in [2.05, 4.69) is 26.3 Å². The number of nitrogens with zero attached hydrogens (tertiary/aromatic N) is 4. The van der Waals surface area contributed by atoms with Crippen molar-refractivity contribution in [2.24, 2.45) is 0 Å². The predicted octanol–water partition coefficient (Wildman–Crippen LogP) is 3.77. The van der Waals surface area contributed by atoms with Gasteiger partial charge in [0.1, 0.15) is 5.01 Å². The Morgan fingerprint density at radius 1 is 1.21 bits per heavy atom. The second-order valence-corrected chi connectivity index (χ2v) is 9.02. The number of amides is 2. The number of rotatable bonds is 6. The molecule has 0 unspecified atom stereocenters. The van der Waals surface area contributed by atoms with Gasteiger partial charge in [-0.1, -0.05) is 12.1 Å². The molecule has 2 aromatic heterocycles. The maximum absolute atomic E-state index is 13.1. The number of carbonyl (C=O) groups is 2. The summed E-state index contributed by atoms with van der Waals surface area (Å²) in [6.07, 6.45) is 3.33. The Kier molecular flexibility index (Phi) is 6.52. The zero-order valence-electron chi connectivity index (χ0n) is 18.8. The van der Waals surface area contributed by atoms with Crippen LogP contribution in [0.5, 0.6) is 0 Å². The van der Waals surface area contributed by atoms with Gasteiger partial charge >= 0.3 is 12.0 Å². The number of carbonyl (C=O) groups excluding carboxylic acids is 2. The number of thiazole rings is 1. The Bertz CT molecular complexity index is 1190. The van der Waals surface area contributed by atoms with Crippen LogP contribution in [0.15, 0.2) is 42.7 Å². The third-order valence-corrected chi connectivity index (χ3v) is 6.83. The van der Waals surface area contributed by atoms with Gasteiger partial charge in [0.2, 0.25) is 0 Å². The molecule has 1 aromatic carbocycles. The van der Waals surface area contributed by atoms with E-state index in [9.17, 15) is 9.59 Å². The summed E-state index contributed by atoms with van der Waals surface area (Å²) in [5.74, 6) is -0.189. The Morgan fingerprint density at radius 3 is 2.76 bits per heavy atom. The molecular formula is C24H25N5O4S. The minimum Gasteiger partial charge on any atom is -0.462 e. The molecule has 10 heteroatoms. The summed E-state index contributed by atoms with van der Waals surface area (Å²) in [5, 5.41) is 3.60. The van der Waals surface area contributed by atoms with Crippen LogP contribution in [0, 0.1) is 0 Å². The van der Waals surface area contributed by atoms with E-state index in [0.29, 0.717) is 22.2 Å². The van der Waals surface area contributed by atoms with Crippen LogP contribution in [0.4, 0.5) is 16.3 Å². The molecule has 0 saturated carbocycles. The first kappa shape index (κ1) is 22.5. The number of benzene rings is 1. The van der Waals surface area contributed by atoms with Crippen LogP contribution >= 0.6 is 11.3 Å². The lowest BCUT2D eigenvalue weighted by Gasteiger charge is -2.30. The van der Waals surface area contributed by atoms with Crippen molar-refractivity contribution in [1.29, 1.82) is 0 Å². The molecule has 2 aliphatic rings. The maximum Gasteiger partial charge on any atom is 0.352 e. The summed E-state index contributed by atoms with van der Waals surface area (Å²) in [6, 6.07) is 9.44. The van der Waals surface area contributed by atoms with E-state index < -0.39 is 5.97 Å². The Morgan fingerprint density at radius 2 is 2.00 bits per heavy atom. The number of hydrogen-bond acceptors (Lipinski definition) is 8. The molecule has 1 fully saturated rings. The van der Waals surface area contributed by atoms with Crippen molar-refractivity contribution in [3.8, 4) is 10.6 Å². The average molecular weight is 480 g/mol. The van der Waals surface area contributed by atoms with E-state index in [4.69, 9.17) is 9.47 Å². The molecule has 176 valence electrons. The highest BCUT2D eigenvalue weighted by atomic mass is 32.1. The van der Waals surface area contributed by atoms with Gasteiger partial charge in [-0.15, -0.1) is 11.3 Å². The minimum atomic E-state index is -0.491. The summed E-state index contributed by atoms with van der Waals surface area (Å²) in [7, 11) is 0. The van der Waals surface area contributed by atoms with Crippen molar-refractivity contribution in [3.63, 3.8) is 0 Å². The van der Waals surface area contributed by atoms with Crippen LogP contribution in [-0.4, -0.2) is 59.8 Å². The molecule has 34 heavy (non-hydrogen) atoms. The molecule has 4 heterocycles. The lowest BCUT2D eigenvalue weighted by molar-refractivity contribution is 0.0342. The molecule has 0 bridgehead atoms. The van der Waals surface area contributed by atoms with Crippen LogP contribution in [-0.2, 0) is 22.6 Å². The first-order chi connectivity index (χ1) is 16.6. The highest BCUT2D eigenvalue weighted by molar-refractivity contribution is 7.17. The summed E-state index contributed by atoms with van der Waals surface area (Å²) >= 11 is 1.21. The highest BCUT2D eigenvalue weighted by Gasteiger charge is 2.31. The van der Waals surface area contributed by atoms with Gasteiger partial charge in [0.25, 0.3) is 0 Å². The van der Waals surface area contributed by atoms with Crippen molar-refractivity contribution in [2.75, 3.05) is 43.1 Å². The maximum atomic E-state index is 13.1. The summed E-state index contributed by atoms with van der Waals surface area (Å²) in [6.45, 7) is 6.40. The second-order valence-electron chi connectivity index (χ2n) is 8.02. The monoisotopic (exact) mass is 479 g/mol. The number of esters is 1. The average Bonchev–Trinajstić information content (AvgIpc) is 3.30. The molecular weight excluding hydrogens is 454 g/mol. The molecule has 3 aromatic rings. The van der Waals surface area contributed by atoms with Gasteiger partial charge in [0.15, 0.2) is 10.7 Å². The van der Waals surface area contributed by atoms with E-state index >= 15 is 0 Å². The molecule has 0 atom stereocenters. The van der Waals surface area contributed by atoms with E-state index in [1.165, 1.54) is 16.2 Å². The van der Waals surface area contributed by atoms with Crippen molar-refractivity contribution >= 4 is 34.8 Å². The van der Waals surface area contributed by atoms with Crippen molar-refractivity contribution in [1.82, 2.24) is 14.9 Å². The van der Waals surface area contributed by atoms with Crippen LogP contribution in [0.25, 0.3) is 10.6 Å². The number of ether oxygens (including phenoxy) is 2. The van der Waals surface area contributed by atoms with E-state index in [1.807, 2.05) is 24.3 Å². The molecule has 0 aliphatic carbocycles. The zero-order valence-corrected chi connectivity index (χ0v) is 19.6. The Hall–Kier alpha value is -3.34. The van der Waals surface area contributed by atoms with Gasteiger partial charge in [0, 0.05) is 43.3 Å². The molecule has 5 rings (SSSR count). The molecule has 1 N–H and O–H groups in total. The lowest BCUT2D eigenvalue weighted by Crippen LogP contribution is -2.40. The molecule has 1 saturated heterocycles. The third-order valence-electron chi connectivity index (χ3n) is 5.75. The predicted molar refractivity (Wildman–Crippen MR) is 129 cm³/mol. The van der Waals surface area contributed by atoms with Crippen LogP contribution < -0.4 is 10.2 Å². The van der Waals surface area contributed by atoms with E-state index in [-0.39, 0.29) is 12.6 Å². The smallest absolute Gasteiger partial charge is 0.352 e. The summed E-state index contributed by atoms with van der Waals surface area (Å²) in [4.78, 5) is 38.7. The first-order valence-corrected chi connectivity index (χ1v) is 12.0. The number of urea groups is 1. The fourth-order valence-electron chi connectivity index (χ4n) is 4.03. The van der Waals surface area contributed by atoms with Gasteiger partial charge in [-0.2, -0.15) is 0 Å². The third kappa shape index (κ3) is 4.65. The van der Waals surface area contributed by atoms with Gasteiger partial charge in [-0.05, 0) is 36.2 Å². The van der Waals surface area contributed by atoms with Crippen molar-refractivity contribution < 1.29 is 19.1 Å². The lowest BCUT2D eigenvalue weighted by atomic mass is 10.1. The number of nitrogens with one attached hydrogen (secondary N) is 1. The number of aromatic nitrogens is 2. The highest BCUT2D eigenvalue weighted by Crippen LogP contribution is 2.36. The fraction of sp³-hybridized carbons (Fsp3) is 0.333. The summed E-state index contributed by atoms with van der Waals surface area (Å²) < 4.78 is 10.7. The normalized spacial score (nSPS) is 16.1. The number of anilines is 2. The van der Waals surface area contributed by atoms with Gasteiger partial charge in [-0.25, -0.2) is 14.6 Å². The number of pyridine rings is 1. The molecule has 2 amide bonds. The topological polar surface area (TPSA) is 96.9 Å². The second kappa shape index (κ2) is 9.88. The molecule has 0 radical (unpaired) electrons. The fourth-order valence-corrected chi connectivity index (χ4v) is 5.00. The molecule has 2 aliphatic heterocycles. The SMILES string of the molecule is CCOC(=O)c1sc(-c2ccncc2)nc1N1Cc2ccc(CN3CCOCC3)cc2NC1=O. The number of morpholine rings is 1. The van der Waals surface area contributed by atoms with Gasteiger partial charge in [-0.3, -0.25) is 14.8 Å². The van der Waals surface area contributed by atoms with Crippen molar-refractivity contribution in [3.05, 3.63) is 58.7 Å². The zero-order chi connectivity index (χ0) is 23.5. The standard InChI is InChI=1S/C24H25N5O4S/c1-2-33-23(30)20-21(27-22(34-20)17-5-7-25-8-6-17)29-15-18-4-3-16(13-19(18)26-24(29)31)14-28-9-11-32-12-10-28/h3-8,13H,2,9-12,14-15H2,1H3,(H,26,31). The number of hydrogen-bond donors (Lipinski definition) is 1. The largest absolute Gasteiger partial charge is 0.462 e. The van der Waals surface area contributed by atoms with Gasteiger partial charge < -0.3 is 14.8 Å². The Balaban J connectivity index is 1.43. The van der Waals surface area contributed by atoms with Crippen molar-refractivity contribution in [2.45, 2.75) is 20.0 Å². The van der Waals surface area contributed by atoms with E-state index in [0.717, 1.165) is 55.2 Å². The quantitative estimate of drug-likeness (QED) is 0.538.